The fourth-order valence-electron chi connectivity index (χ4n) is 3.81. The molecule has 6 heteroatoms. The number of carbonyl (C=O) groups is 1. The fourth-order valence-corrected chi connectivity index (χ4v) is 3.81. The molecule has 0 bridgehead atoms. The number of hydrogen-bond acceptors (Lipinski definition) is 6. The van der Waals surface area contributed by atoms with E-state index in [2.05, 4.69) is 18.2 Å². The molecule has 0 aromatic rings. The Bertz CT molecular complexity index is 641. The molecule has 3 rings (SSSR count). The van der Waals surface area contributed by atoms with Crippen molar-refractivity contribution in [3.63, 3.8) is 0 Å². The van der Waals surface area contributed by atoms with Crippen LogP contribution in [0.25, 0.3) is 0 Å². The van der Waals surface area contributed by atoms with Crippen molar-refractivity contribution >= 4 is 5.97 Å². The first-order valence-electron chi connectivity index (χ1n) is 9.75. The van der Waals surface area contributed by atoms with E-state index < -0.39 is 5.60 Å². The van der Waals surface area contributed by atoms with Gasteiger partial charge in [0.15, 0.2) is 6.26 Å². The van der Waals surface area contributed by atoms with Crippen LogP contribution in [0.15, 0.2) is 48.5 Å². The Labute approximate surface area is 160 Å². The number of ether oxygens (including phenoxy) is 3. The first-order chi connectivity index (χ1) is 13.1. The highest BCUT2D eigenvalue weighted by Crippen LogP contribution is 2.34. The number of rotatable bonds is 7. The van der Waals surface area contributed by atoms with Crippen molar-refractivity contribution in [2.45, 2.75) is 51.0 Å². The maximum absolute atomic E-state index is 12.0. The number of carbonyl (C=O) groups excluding carboxylic acids is 1. The number of hydrogen-bond donors (Lipinski definition) is 1. The minimum Gasteiger partial charge on any atom is -0.466 e. The maximum atomic E-state index is 12.0. The van der Waals surface area contributed by atoms with Crippen molar-refractivity contribution in [2.24, 2.45) is 5.92 Å². The number of esters is 1. The van der Waals surface area contributed by atoms with Crippen LogP contribution in [0.5, 0.6) is 0 Å². The standard InChI is InChI=1S/C21H29NO5/c1-2-26-20(23)18-8-10-21(24,11-9-18)16-22(19-15-25-12-13-27-19)14-17-6-4-3-5-7-17/h3-4,6,12-13,15,18,24H,2,5,7-11,14,16H2,1H3. The summed E-state index contributed by atoms with van der Waals surface area (Å²) in [6.45, 7) is 3.33. The second kappa shape index (κ2) is 9.13. The number of allylic oxidation sites excluding steroid dienone is 3. The van der Waals surface area contributed by atoms with Crippen molar-refractivity contribution in [3.05, 3.63) is 48.5 Å². The molecule has 0 unspecified atom stereocenters. The molecule has 27 heavy (non-hydrogen) atoms. The quantitative estimate of drug-likeness (QED) is 0.688. The highest BCUT2D eigenvalue weighted by atomic mass is 16.5. The molecule has 0 spiro atoms. The topological polar surface area (TPSA) is 68.2 Å². The van der Waals surface area contributed by atoms with Gasteiger partial charge in [0.1, 0.15) is 12.5 Å². The molecule has 1 fully saturated rings. The third-order valence-electron chi connectivity index (χ3n) is 5.32. The third kappa shape index (κ3) is 5.39. The molecule has 0 aromatic heterocycles. The van der Waals surface area contributed by atoms with Crippen LogP contribution >= 0.6 is 0 Å². The van der Waals surface area contributed by atoms with Gasteiger partial charge in [0.25, 0.3) is 0 Å². The predicted octanol–water partition coefficient (Wildman–Crippen LogP) is 3.37. The van der Waals surface area contributed by atoms with E-state index >= 15 is 0 Å². The van der Waals surface area contributed by atoms with Gasteiger partial charge >= 0.3 is 5.97 Å². The van der Waals surface area contributed by atoms with Crippen LogP contribution in [-0.4, -0.2) is 41.3 Å². The summed E-state index contributed by atoms with van der Waals surface area (Å²) in [6, 6.07) is 0. The van der Waals surface area contributed by atoms with Crippen molar-refractivity contribution in [3.8, 4) is 0 Å². The van der Waals surface area contributed by atoms with Crippen LogP contribution in [0.3, 0.4) is 0 Å². The highest BCUT2D eigenvalue weighted by molar-refractivity contribution is 5.72. The molecule has 0 amide bonds. The third-order valence-corrected chi connectivity index (χ3v) is 5.32. The Morgan fingerprint density at radius 2 is 2.19 bits per heavy atom. The van der Waals surface area contributed by atoms with E-state index in [1.54, 1.807) is 6.26 Å². The van der Waals surface area contributed by atoms with Crippen LogP contribution in [0, 0.1) is 5.92 Å². The van der Waals surface area contributed by atoms with Gasteiger partial charge in [-0.05, 0) is 45.4 Å². The Hall–Kier alpha value is -2.21. The van der Waals surface area contributed by atoms with Crippen molar-refractivity contribution < 1.29 is 24.1 Å². The molecule has 3 aliphatic rings. The summed E-state index contributed by atoms with van der Waals surface area (Å²) >= 11 is 0. The minimum absolute atomic E-state index is 0.110. The largest absolute Gasteiger partial charge is 0.466 e. The number of nitrogens with zero attached hydrogens (tertiary/aromatic N) is 1. The lowest BCUT2D eigenvalue weighted by atomic mass is 9.78. The van der Waals surface area contributed by atoms with Crippen LogP contribution in [0.1, 0.15) is 45.4 Å². The van der Waals surface area contributed by atoms with Gasteiger partial charge in [-0.3, -0.25) is 4.79 Å². The zero-order chi connectivity index (χ0) is 19.1. The molecule has 0 saturated heterocycles. The first kappa shape index (κ1) is 19.5. The number of aliphatic hydroxyl groups is 1. The van der Waals surface area contributed by atoms with Gasteiger partial charge in [-0.2, -0.15) is 0 Å². The molecule has 1 heterocycles. The molecule has 0 aromatic carbocycles. The molecular formula is C21H29NO5. The van der Waals surface area contributed by atoms with Crippen molar-refractivity contribution in [2.75, 3.05) is 19.7 Å². The molecule has 6 nitrogen and oxygen atoms in total. The molecular weight excluding hydrogens is 346 g/mol. The van der Waals surface area contributed by atoms with Crippen molar-refractivity contribution in [1.29, 1.82) is 0 Å². The highest BCUT2D eigenvalue weighted by Gasteiger charge is 2.38. The molecule has 148 valence electrons. The normalized spacial score (nSPS) is 27.1. The molecule has 1 N–H and O–H groups in total. The predicted molar refractivity (Wildman–Crippen MR) is 101 cm³/mol. The first-order valence-corrected chi connectivity index (χ1v) is 9.75. The van der Waals surface area contributed by atoms with E-state index in [1.165, 1.54) is 18.1 Å². The summed E-state index contributed by atoms with van der Waals surface area (Å²) in [5, 5.41) is 11.2. The summed E-state index contributed by atoms with van der Waals surface area (Å²) < 4.78 is 16.0. The average molecular weight is 375 g/mol. The zero-order valence-electron chi connectivity index (χ0n) is 15.9. The molecule has 0 atom stereocenters. The van der Waals surface area contributed by atoms with Gasteiger partial charge < -0.3 is 24.2 Å². The van der Waals surface area contributed by atoms with Crippen molar-refractivity contribution in [1.82, 2.24) is 4.90 Å². The summed E-state index contributed by atoms with van der Waals surface area (Å²) in [5.41, 5.74) is 0.430. The monoisotopic (exact) mass is 375 g/mol. The average Bonchev–Trinajstić information content (AvgIpc) is 2.69. The van der Waals surface area contributed by atoms with Gasteiger partial charge in [0, 0.05) is 13.1 Å². The molecule has 1 aliphatic heterocycles. The van der Waals surface area contributed by atoms with E-state index in [0.717, 1.165) is 12.8 Å². The summed E-state index contributed by atoms with van der Waals surface area (Å²) in [6.07, 6.45) is 15.3. The molecule has 2 aliphatic carbocycles. The Morgan fingerprint density at radius 1 is 1.37 bits per heavy atom. The lowest BCUT2D eigenvalue weighted by Gasteiger charge is -2.40. The van der Waals surface area contributed by atoms with Crippen LogP contribution < -0.4 is 0 Å². The van der Waals surface area contributed by atoms with Crippen LogP contribution in [0.2, 0.25) is 0 Å². The lowest BCUT2D eigenvalue weighted by Crippen LogP contribution is -2.47. The van der Waals surface area contributed by atoms with Gasteiger partial charge in [-0.15, -0.1) is 0 Å². The van der Waals surface area contributed by atoms with E-state index in [0.29, 0.717) is 51.3 Å². The SMILES string of the molecule is CCOC(=O)C1CCC(O)(CN(CC2=CC=CCC2)C2=COC=CO2)CC1. The molecule has 0 radical (unpaired) electrons. The minimum atomic E-state index is -0.862. The zero-order valence-corrected chi connectivity index (χ0v) is 15.9. The Balaban J connectivity index is 1.64. The summed E-state index contributed by atoms with van der Waals surface area (Å²) in [4.78, 5) is 14.0. The Kier molecular flexibility index (Phi) is 6.61. The lowest BCUT2D eigenvalue weighted by molar-refractivity contribution is -0.151. The maximum Gasteiger partial charge on any atom is 0.308 e. The van der Waals surface area contributed by atoms with Gasteiger partial charge in [0.05, 0.1) is 18.1 Å². The summed E-state index contributed by atoms with van der Waals surface area (Å²) in [7, 11) is 0. The van der Waals surface area contributed by atoms with Gasteiger partial charge in [-0.25, -0.2) is 0 Å². The van der Waals surface area contributed by atoms with E-state index in [4.69, 9.17) is 14.2 Å². The van der Waals surface area contributed by atoms with Gasteiger partial charge in [-0.1, -0.05) is 23.8 Å². The summed E-state index contributed by atoms with van der Waals surface area (Å²) in [5.74, 6) is 0.336. The van der Waals surface area contributed by atoms with E-state index in [-0.39, 0.29) is 11.9 Å². The molecule has 1 saturated carbocycles. The Morgan fingerprint density at radius 3 is 2.81 bits per heavy atom. The van der Waals surface area contributed by atoms with E-state index in [1.807, 2.05) is 11.8 Å². The van der Waals surface area contributed by atoms with Crippen LogP contribution in [-0.2, 0) is 19.0 Å². The van der Waals surface area contributed by atoms with Gasteiger partial charge in [0.2, 0.25) is 5.88 Å². The smallest absolute Gasteiger partial charge is 0.308 e. The second-order valence-corrected chi connectivity index (χ2v) is 7.38. The van der Waals surface area contributed by atoms with Crippen LogP contribution in [0.4, 0.5) is 0 Å². The fraction of sp³-hybridized carbons (Fsp3) is 0.571. The second-order valence-electron chi connectivity index (χ2n) is 7.38. The van der Waals surface area contributed by atoms with E-state index in [9.17, 15) is 9.90 Å².